The molecule has 0 bridgehead atoms. The number of esters is 1. The Morgan fingerprint density at radius 3 is 1.80 bits per heavy atom. The van der Waals surface area contributed by atoms with Gasteiger partial charge in [0, 0.05) is 25.0 Å². The van der Waals surface area contributed by atoms with Crippen LogP contribution in [-0.2, 0) is 38.5 Å². The summed E-state index contributed by atoms with van der Waals surface area (Å²) in [4.78, 5) is 49.6. The molecule has 0 unspecified atom stereocenters. The highest BCUT2D eigenvalue weighted by atomic mass is 16.6. The van der Waals surface area contributed by atoms with Gasteiger partial charge in [-0.15, -0.1) is 0 Å². The molecule has 2 atom stereocenters. The fraction of sp³-hybridized carbons (Fsp3) is 0.300. The zero-order valence-electron chi connectivity index (χ0n) is 22.7. The van der Waals surface area contributed by atoms with Crippen molar-refractivity contribution in [3.05, 3.63) is 112 Å². The lowest BCUT2D eigenvalue weighted by atomic mass is 10.0. The van der Waals surface area contributed by atoms with E-state index in [0.29, 0.717) is 5.56 Å². The summed E-state index contributed by atoms with van der Waals surface area (Å²) in [5, 5.41) is 16.3. The summed E-state index contributed by atoms with van der Waals surface area (Å²) in [5.74, 6) is -1.27. The SMILES string of the molecule is CC(C)(C)OC(=O)N[C@@H](Cc1ccccc1)C(=O)N[C@@H](Cc1ccccc1)C(=O)OCc1ccc([N+](=O)[O-])cc1. The minimum absolute atomic E-state index is 0.0776. The summed E-state index contributed by atoms with van der Waals surface area (Å²) in [7, 11) is 0. The fourth-order valence-electron chi connectivity index (χ4n) is 3.79. The molecule has 0 heterocycles. The van der Waals surface area contributed by atoms with E-state index in [1.807, 2.05) is 60.7 Å². The normalized spacial score (nSPS) is 12.5. The monoisotopic (exact) mass is 547 g/mol. The number of nitrogens with one attached hydrogen (secondary N) is 2. The summed E-state index contributed by atoms with van der Waals surface area (Å²) < 4.78 is 10.8. The number of benzene rings is 3. The minimum atomic E-state index is -1.06. The van der Waals surface area contributed by atoms with Crippen LogP contribution in [0.1, 0.15) is 37.5 Å². The number of rotatable bonds is 11. The molecular weight excluding hydrogens is 514 g/mol. The smallest absolute Gasteiger partial charge is 0.408 e. The number of alkyl carbamates (subject to hydrolysis) is 1. The lowest BCUT2D eigenvalue weighted by Gasteiger charge is -2.25. The number of nitro benzene ring substituents is 1. The van der Waals surface area contributed by atoms with Crippen molar-refractivity contribution in [2.45, 2.75) is 57.9 Å². The molecule has 0 aromatic heterocycles. The van der Waals surface area contributed by atoms with Crippen LogP contribution in [0.5, 0.6) is 0 Å². The van der Waals surface area contributed by atoms with Gasteiger partial charge in [-0.3, -0.25) is 14.9 Å². The molecule has 2 amide bonds. The standard InChI is InChI=1S/C30H33N3O7/c1-30(2,3)40-29(36)32-25(18-21-10-6-4-7-11-21)27(34)31-26(19-22-12-8-5-9-13-22)28(35)39-20-23-14-16-24(17-15-23)33(37)38/h4-17,25-26H,18-20H2,1-3H3,(H,31,34)(H,32,36)/t25-,26-/m0/s1. The van der Waals surface area contributed by atoms with Gasteiger partial charge in [-0.05, 0) is 49.6 Å². The molecule has 0 aliphatic carbocycles. The third-order valence-electron chi connectivity index (χ3n) is 5.70. The van der Waals surface area contributed by atoms with Gasteiger partial charge in [0.15, 0.2) is 0 Å². The van der Waals surface area contributed by atoms with Crippen LogP contribution in [0.25, 0.3) is 0 Å². The zero-order valence-corrected chi connectivity index (χ0v) is 22.7. The predicted octanol–water partition coefficient (Wildman–Crippen LogP) is 4.50. The maximum Gasteiger partial charge on any atom is 0.408 e. The van der Waals surface area contributed by atoms with Crippen molar-refractivity contribution in [3.8, 4) is 0 Å². The molecule has 0 radical (unpaired) electrons. The lowest BCUT2D eigenvalue weighted by molar-refractivity contribution is -0.384. The first kappa shape index (κ1) is 29.8. The molecule has 10 nitrogen and oxygen atoms in total. The van der Waals surface area contributed by atoms with Gasteiger partial charge in [-0.2, -0.15) is 0 Å². The first-order valence-electron chi connectivity index (χ1n) is 12.8. The maximum atomic E-state index is 13.5. The quantitative estimate of drug-likeness (QED) is 0.205. The van der Waals surface area contributed by atoms with Gasteiger partial charge in [0.25, 0.3) is 5.69 Å². The van der Waals surface area contributed by atoms with E-state index < -0.39 is 40.6 Å². The maximum absolute atomic E-state index is 13.5. The van der Waals surface area contributed by atoms with Crippen molar-refractivity contribution in [3.63, 3.8) is 0 Å². The van der Waals surface area contributed by atoms with E-state index in [4.69, 9.17) is 9.47 Å². The highest BCUT2D eigenvalue weighted by molar-refractivity contribution is 5.90. The number of amides is 2. The van der Waals surface area contributed by atoms with E-state index in [1.165, 1.54) is 24.3 Å². The lowest BCUT2D eigenvalue weighted by Crippen LogP contribution is -2.54. The van der Waals surface area contributed by atoms with Crippen molar-refractivity contribution < 1.29 is 28.8 Å². The molecule has 0 saturated carbocycles. The van der Waals surface area contributed by atoms with Crippen molar-refractivity contribution in [1.82, 2.24) is 10.6 Å². The average molecular weight is 548 g/mol. The predicted molar refractivity (Wildman–Crippen MR) is 148 cm³/mol. The molecule has 0 fully saturated rings. The van der Waals surface area contributed by atoms with E-state index >= 15 is 0 Å². The Kier molecular flexibility index (Phi) is 10.4. The van der Waals surface area contributed by atoms with Crippen LogP contribution in [0.15, 0.2) is 84.9 Å². The Labute approximate surface area is 232 Å². The Hall–Kier alpha value is -4.73. The van der Waals surface area contributed by atoms with Crippen LogP contribution in [0.2, 0.25) is 0 Å². The third-order valence-corrected chi connectivity index (χ3v) is 5.70. The number of non-ortho nitro benzene ring substituents is 1. The number of carbonyl (C=O) groups is 3. The first-order chi connectivity index (χ1) is 19.0. The van der Waals surface area contributed by atoms with Crippen molar-refractivity contribution in [1.29, 1.82) is 0 Å². The number of carbonyl (C=O) groups excluding carboxylic acids is 3. The molecule has 2 N–H and O–H groups in total. The molecular formula is C30H33N3O7. The summed E-state index contributed by atoms with van der Waals surface area (Å²) >= 11 is 0. The second-order valence-electron chi connectivity index (χ2n) is 10.2. The first-order valence-corrected chi connectivity index (χ1v) is 12.8. The van der Waals surface area contributed by atoms with Crippen LogP contribution in [0.3, 0.4) is 0 Å². The number of nitro groups is 1. The van der Waals surface area contributed by atoms with Crippen LogP contribution < -0.4 is 10.6 Å². The van der Waals surface area contributed by atoms with Gasteiger partial charge in [0.1, 0.15) is 24.3 Å². The van der Waals surface area contributed by atoms with Gasteiger partial charge in [-0.1, -0.05) is 60.7 Å². The molecule has 10 heteroatoms. The molecule has 0 saturated heterocycles. The summed E-state index contributed by atoms with van der Waals surface area (Å²) in [6, 6.07) is 21.8. The average Bonchev–Trinajstić information content (AvgIpc) is 2.91. The Bertz CT molecular complexity index is 1290. The molecule has 0 spiro atoms. The molecule has 210 valence electrons. The molecule has 40 heavy (non-hydrogen) atoms. The fourth-order valence-corrected chi connectivity index (χ4v) is 3.79. The van der Waals surface area contributed by atoms with Gasteiger partial charge in [-0.25, -0.2) is 9.59 Å². The van der Waals surface area contributed by atoms with Crippen molar-refractivity contribution >= 4 is 23.7 Å². The largest absolute Gasteiger partial charge is 0.459 e. The summed E-state index contributed by atoms with van der Waals surface area (Å²) in [6.45, 7) is 5.02. The minimum Gasteiger partial charge on any atom is -0.459 e. The second-order valence-corrected chi connectivity index (χ2v) is 10.2. The number of hydrogen-bond acceptors (Lipinski definition) is 7. The zero-order chi connectivity index (χ0) is 29.1. The molecule has 3 rings (SSSR count). The second kappa shape index (κ2) is 13.9. The van der Waals surface area contributed by atoms with E-state index in [0.717, 1.165) is 11.1 Å². The molecule has 0 aliphatic heterocycles. The van der Waals surface area contributed by atoms with Crippen LogP contribution in [-0.4, -0.2) is 40.6 Å². The highest BCUT2D eigenvalue weighted by Gasteiger charge is 2.29. The highest BCUT2D eigenvalue weighted by Crippen LogP contribution is 2.14. The van der Waals surface area contributed by atoms with Crippen molar-refractivity contribution in [2.24, 2.45) is 0 Å². The Morgan fingerprint density at radius 1 is 0.775 bits per heavy atom. The summed E-state index contributed by atoms with van der Waals surface area (Å²) in [5.41, 5.74) is 1.30. The number of ether oxygens (including phenoxy) is 2. The van der Waals surface area contributed by atoms with E-state index in [2.05, 4.69) is 10.6 Å². The van der Waals surface area contributed by atoms with E-state index in [9.17, 15) is 24.5 Å². The number of nitrogens with zero attached hydrogens (tertiary/aromatic N) is 1. The van der Waals surface area contributed by atoms with Crippen LogP contribution in [0, 0.1) is 10.1 Å². The Morgan fingerprint density at radius 2 is 1.30 bits per heavy atom. The number of hydrogen-bond donors (Lipinski definition) is 2. The van der Waals surface area contributed by atoms with Gasteiger partial charge >= 0.3 is 12.1 Å². The van der Waals surface area contributed by atoms with E-state index in [-0.39, 0.29) is 25.1 Å². The van der Waals surface area contributed by atoms with Gasteiger partial charge in [0.2, 0.25) is 5.91 Å². The molecule has 3 aromatic rings. The van der Waals surface area contributed by atoms with Crippen molar-refractivity contribution in [2.75, 3.05) is 0 Å². The van der Waals surface area contributed by atoms with Gasteiger partial charge in [0.05, 0.1) is 4.92 Å². The Balaban J connectivity index is 1.77. The van der Waals surface area contributed by atoms with Gasteiger partial charge < -0.3 is 20.1 Å². The van der Waals surface area contributed by atoms with Crippen LogP contribution >= 0.6 is 0 Å². The third kappa shape index (κ3) is 9.86. The molecule has 3 aromatic carbocycles. The topological polar surface area (TPSA) is 137 Å². The molecule has 0 aliphatic rings. The summed E-state index contributed by atoms with van der Waals surface area (Å²) in [6.07, 6.45) is -0.443. The van der Waals surface area contributed by atoms with E-state index in [1.54, 1.807) is 20.8 Å². The van der Waals surface area contributed by atoms with Crippen LogP contribution in [0.4, 0.5) is 10.5 Å².